The summed E-state index contributed by atoms with van der Waals surface area (Å²) in [5.74, 6) is -0.563. The van der Waals surface area contributed by atoms with Crippen molar-refractivity contribution in [3.8, 4) is 0 Å². The molecule has 2 aliphatic heterocycles. The maximum Gasteiger partial charge on any atom is 0.245 e. The highest BCUT2D eigenvalue weighted by Crippen LogP contribution is 2.18. The Morgan fingerprint density at radius 2 is 1.90 bits per heavy atom. The summed E-state index contributed by atoms with van der Waals surface area (Å²) in [5.41, 5.74) is 0.905. The summed E-state index contributed by atoms with van der Waals surface area (Å²) >= 11 is 3.35. The SMILES string of the molecule is C[C@@H](C(=O)N1CCOCC1)N1CCC(NS(=O)(=O)CCc2ccc(Br)cc2)C1=O. The average molecular weight is 488 g/mol. The highest BCUT2D eigenvalue weighted by molar-refractivity contribution is 9.10. The molecule has 2 heterocycles. The number of halogens is 1. The summed E-state index contributed by atoms with van der Waals surface area (Å²) < 4.78 is 33.6. The second-order valence-electron chi connectivity index (χ2n) is 7.30. The standard InChI is InChI=1S/C19H26BrN3O5S/c1-14(18(24)22-9-11-28-12-10-22)23-8-6-17(19(23)25)21-29(26,27)13-7-15-2-4-16(20)5-3-15/h2-5,14,17,21H,6-13H2,1H3/t14-,17?/m0/s1. The fourth-order valence-electron chi connectivity index (χ4n) is 3.56. The van der Waals surface area contributed by atoms with Crippen LogP contribution in [0.2, 0.25) is 0 Å². The molecule has 160 valence electrons. The number of likely N-dealkylation sites (tertiary alicyclic amines) is 1. The molecule has 2 fully saturated rings. The van der Waals surface area contributed by atoms with Gasteiger partial charge < -0.3 is 14.5 Å². The highest BCUT2D eigenvalue weighted by Gasteiger charge is 2.39. The predicted octanol–water partition coefficient (Wildman–Crippen LogP) is 0.759. The van der Waals surface area contributed by atoms with Crippen LogP contribution in [0, 0.1) is 0 Å². The number of rotatable bonds is 7. The Bertz CT molecular complexity index is 840. The predicted molar refractivity (Wildman–Crippen MR) is 112 cm³/mol. The van der Waals surface area contributed by atoms with E-state index in [2.05, 4.69) is 20.7 Å². The molecule has 2 atom stereocenters. The molecule has 2 aliphatic rings. The maximum atomic E-state index is 12.7. The Labute approximate surface area is 179 Å². The van der Waals surface area contributed by atoms with Crippen molar-refractivity contribution in [2.24, 2.45) is 0 Å². The van der Waals surface area contributed by atoms with E-state index in [1.54, 1.807) is 11.8 Å². The van der Waals surface area contributed by atoms with Crippen LogP contribution in [-0.2, 0) is 30.8 Å². The zero-order valence-corrected chi connectivity index (χ0v) is 18.7. The fraction of sp³-hybridized carbons (Fsp3) is 0.579. The summed E-state index contributed by atoms with van der Waals surface area (Å²) in [5, 5.41) is 0. The fourth-order valence-corrected chi connectivity index (χ4v) is 5.09. The lowest BCUT2D eigenvalue weighted by Crippen LogP contribution is -2.52. The van der Waals surface area contributed by atoms with Crippen LogP contribution in [0.15, 0.2) is 28.7 Å². The summed E-state index contributed by atoms with van der Waals surface area (Å²) in [4.78, 5) is 28.5. The molecule has 1 N–H and O–H groups in total. The Hall–Kier alpha value is -1.49. The second kappa shape index (κ2) is 9.55. The number of hydrogen-bond acceptors (Lipinski definition) is 5. The first-order valence-corrected chi connectivity index (χ1v) is 12.1. The van der Waals surface area contributed by atoms with Crippen molar-refractivity contribution in [3.05, 3.63) is 34.3 Å². The zero-order valence-electron chi connectivity index (χ0n) is 16.3. The minimum Gasteiger partial charge on any atom is -0.378 e. The van der Waals surface area contributed by atoms with Gasteiger partial charge in [0.15, 0.2) is 0 Å². The zero-order chi connectivity index (χ0) is 21.0. The number of carbonyl (C=O) groups excluding carboxylic acids is 2. The van der Waals surface area contributed by atoms with Gasteiger partial charge in [0.25, 0.3) is 0 Å². The van der Waals surface area contributed by atoms with Crippen molar-refractivity contribution in [3.63, 3.8) is 0 Å². The van der Waals surface area contributed by atoms with Crippen molar-refractivity contribution in [2.45, 2.75) is 31.8 Å². The molecule has 2 amide bonds. The number of sulfonamides is 1. The third-order valence-corrected chi connectivity index (χ3v) is 7.20. The van der Waals surface area contributed by atoms with Gasteiger partial charge in [-0.15, -0.1) is 0 Å². The molecular formula is C19H26BrN3O5S. The van der Waals surface area contributed by atoms with Gasteiger partial charge in [-0.05, 0) is 37.5 Å². The van der Waals surface area contributed by atoms with Gasteiger partial charge in [-0.2, -0.15) is 0 Å². The Morgan fingerprint density at radius 3 is 2.55 bits per heavy atom. The van der Waals surface area contributed by atoms with E-state index in [4.69, 9.17) is 4.74 Å². The van der Waals surface area contributed by atoms with Crippen molar-refractivity contribution < 1.29 is 22.7 Å². The molecule has 1 aromatic rings. The first-order valence-electron chi connectivity index (χ1n) is 9.68. The average Bonchev–Trinajstić information content (AvgIpc) is 3.06. The number of carbonyl (C=O) groups is 2. The van der Waals surface area contributed by atoms with Crippen LogP contribution in [0.1, 0.15) is 18.9 Å². The lowest BCUT2D eigenvalue weighted by atomic mass is 10.2. The molecule has 0 saturated carbocycles. The Kier molecular flexibility index (Phi) is 7.31. The number of nitrogens with zero attached hydrogens (tertiary/aromatic N) is 2. The summed E-state index contributed by atoms with van der Waals surface area (Å²) in [7, 11) is -3.62. The molecule has 10 heteroatoms. The molecular weight excluding hydrogens is 462 g/mol. The van der Waals surface area contributed by atoms with Crippen molar-refractivity contribution in [2.75, 3.05) is 38.6 Å². The molecule has 1 unspecified atom stereocenters. The largest absolute Gasteiger partial charge is 0.378 e. The van der Waals surface area contributed by atoms with Crippen LogP contribution in [-0.4, -0.2) is 80.7 Å². The topological polar surface area (TPSA) is 96.0 Å². The van der Waals surface area contributed by atoms with E-state index in [0.717, 1.165) is 10.0 Å². The molecule has 3 rings (SSSR count). The monoisotopic (exact) mass is 487 g/mol. The normalized spacial score (nSPS) is 21.4. The van der Waals surface area contributed by atoms with Crippen LogP contribution in [0.25, 0.3) is 0 Å². The number of amides is 2. The van der Waals surface area contributed by atoms with Crippen LogP contribution in [0.5, 0.6) is 0 Å². The summed E-state index contributed by atoms with van der Waals surface area (Å²) in [6.45, 7) is 4.06. The number of hydrogen-bond donors (Lipinski definition) is 1. The van der Waals surface area contributed by atoms with E-state index < -0.39 is 22.1 Å². The Morgan fingerprint density at radius 1 is 1.24 bits per heavy atom. The molecule has 0 aliphatic carbocycles. The molecule has 0 radical (unpaired) electrons. The molecule has 8 nitrogen and oxygen atoms in total. The van der Waals surface area contributed by atoms with Crippen molar-refractivity contribution in [1.82, 2.24) is 14.5 Å². The number of morpholine rings is 1. The van der Waals surface area contributed by atoms with E-state index in [1.165, 1.54) is 4.90 Å². The van der Waals surface area contributed by atoms with Gasteiger partial charge in [0, 0.05) is 24.1 Å². The summed E-state index contributed by atoms with van der Waals surface area (Å²) in [6, 6.07) is 6.02. The lowest BCUT2D eigenvalue weighted by Gasteiger charge is -2.32. The van der Waals surface area contributed by atoms with E-state index >= 15 is 0 Å². The highest BCUT2D eigenvalue weighted by atomic mass is 79.9. The van der Waals surface area contributed by atoms with Crippen LogP contribution in [0.4, 0.5) is 0 Å². The maximum absolute atomic E-state index is 12.7. The third kappa shape index (κ3) is 5.78. The molecule has 0 spiro atoms. The van der Waals surface area contributed by atoms with E-state index in [0.29, 0.717) is 45.7 Å². The van der Waals surface area contributed by atoms with Gasteiger partial charge in [0.2, 0.25) is 21.8 Å². The van der Waals surface area contributed by atoms with Gasteiger partial charge >= 0.3 is 0 Å². The Balaban J connectivity index is 1.54. The van der Waals surface area contributed by atoms with Gasteiger partial charge in [0.05, 0.1) is 19.0 Å². The molecule has 2 saturated heterocycles. The quantitative estimate of drug-likeness (QED) is 0.612. The number of aryl methyl sites for hydroxylation is 1. The first kappa shape index (κ1) is 22.2. The summed E-state index contributed by atoms with van der Waals surface area (Å²) in [6.07, 6.45) is 0.718. The van der Waals surface area contributed by atoms with Gasteiger partial charge in [-0.3, -0.25) is 9.59 Å². The first-order chi connectivity index (χ1) is 13.8. The van der Waals surface area contributed by atoms with Crippen LogP contribution < -0.4 is 4.72 Å². The van der Waals surface area contributed by atoms with Gasteiger partial charge in [0.1, 0.15) is 12.1 Å². The van der Waals surface area contributed by atoms with Gasteiger partial charge in [-0.1, -0.05) is 28.1 Å². The van der Waals surface area contributed by atoms with E-state index in [1.807, 2.05) is 24.3 Å². The molecule has 1 aromatic carbocycles. The second-order valence-corrected chi connectivity index (χ2v) is 10.1. The smallest absolute Gasteiger partial charge is 0.245 e. The molecule has 0 aromatic heterocycles. The van der Waals surface area contributed by atoms with E-state index in [9.17, 15) is 18.0 Å². The minimum atomic E-state index is -3.62. The molecule has 29 heavy (non-hydrogen) atoms. The number of nitrogens with one attached hydrogen (secondary N) is 1. The minimum absolute atomic E-state index is 0.0966. The van der Waals surface area contributed by atoms with E-state index in [-0.39, 0.29) is 17.6 Å². The van der Waals surface area contributed by atoms with Crippen molar-refractivity contribution in [1.29, 1.82) is 0 Å². The number of benzene rings is 1. The molecule has 0 bridgehead atoms. The van der Waals surface area contributed by atoms with Gasteiger partial charge in [-0.25, -0.2) is 13.1 Å². The van der Waals surface area contributed by atoms with Crippen molar-refractivity contribution >= 4 is 37.8 Å². The van der Waals surface area contributed by atoms with Crippen LogP contribution >= 0.6 is 15.9 Å². The third-order valence-electron chi connectivity index (χ3n) is 5.28. The number of ether oxygens (including phenoxy) is 1. The lowest BCUT2D eigenvalue weighted by molar-refractivity contribution is -0.146. The van der Waals surface area contributed by atoms with Crippen LogP contribution in [0.3, 0.4) is 0 Å².